The van der Waals surface area contributed by atoms with Crippen molar-refractivity contribution in [1.82, 2.24) is 0 Å². The lowest BCUT2D eigenvalue weighted by atomic mass is 10.1. The first-order valence-corrected chi connectivity index (χ1v) is 7.75. The summed E-state index contributed by atoms with van der Waals surface area (Å²) in [6.45, 7) is 0. The molecule has 0 fully saturated rings. The molecule has 21 heavy (non-hydrogen) atoms. The van der Waals surface area contributed by atoms with Crippen LogP contribution in [-0.4, -0.2) is 8.42 Å². The maximum absolute atomic E-state index is 12.3. The minimum atomic E-state index is -3.88. The van der Waals surface area contributed by atoms with Gasteiger partial charge in [0.25, 0.3) is 0 Å². The number of hydrogen-bond donors (Lipinski definition) is 1. The molecule has 0 spiro atoms. The Morgan fingerprint density at radius 3 is 2.19 bits per heavy atom. The average molecular weight is 299 g/mol. The van der Waals surface area contributed by atoms with E-state index >= 15 is 0 Å². The molecule has 0 aliphatic heterocycles. The zero-order valence-corrected chi connectivity index (χ0v) is 11.9. The molecule has 3 rings (SSSR count). The zero-order chi connectivity index (χ0) is 14.9. The maximum atomic E-state index is 12.3. The van der Waals surface area contributed by atoms with E-state index in [1.807, 2.05) is 18.2 Å². The van der Waals surface area contributed by atoms with E-state index in [9.17, 15) is 8.42 Å². The zero-order valence-electron chi connectivity index (χ0n) is 11.1. The van der Waals surface area contributed by atoms with E-state index in [1.54, 1.807) is 36.4 Å². The molecule has 5 heteroatoms. The lowest BCUT2D eigenvalue weighted by molar-refractivity contribution is 0.489. The van der Waals surface area contributed by atoms with Gasteiger partial charge in [-0.2, -0.15) is 8.42 Å². The van der Waals surface area contributed by atoms with Crippen LogP contribution in [-0.2, 0) is 10.1 Å². The summed E-state index contributed by atoms with van der Waals surface area (Å²) in [6.07, 6.45) is 0. The van der Waals surface area contributed by atoms with Gasteiger partial charge in [-0.15, -0.1) is 0 Å². The molecular formula is C16H13NO3S. The first-order valence-electron chi connectivity index (χ1n) is 6.35. The molecule has 0 saturated heterocycles. The molecular weight excluding hydrogens is 286 g/mol. The van der Waals surface area contributed by atoms with Crippen LogP contribution < -0.4 is 9.92 Å². The summed E-state index contributed by atoms with van der Waals surface area (Å²) < 4.78 is 29.9. The molecule has 0 aromatic heterocycles. The lowest BCUT2D eigenvalue weighted by Crippen LogP contribution is -2.10. The fourth-order valence-corrected chi connectivity index (χ4v) is 3.12. The summed E-state index contributed by atoms with van der Waals surface area (Å²) in [7, 11) is -3.88. The molecule has 0 aliphatic rings. The van der Waals surface area contributed by atoms with Crippen LogP contribution in [0.3, 0.4) is 0 Å². The van der Waals surface area contributed by atoms with E-state index in [2.05, 4.69) is 0 Å². The molecule has 0 bridgehead atoms. The second-order valence-corrected chi connectivity index (χ2v) is 6.10. The third-order valence-corrected chi connectivity index (χ3v) is 4.38. The normalized spacial score (nSPS) is 11.4. The van der Waals surface area contributed by atoms with Crippen molar-refractivity contribution in [3.8, 4) is 5.75 Å². The number of hydrogen-bond acceptors (Lipinski definition) is 4. The van der Waals surface area contributed by atoms with Gasteiger partial charge < -0.3 is 9.92 Å². The molecule has 0 aliphatic carbocycles. The maximum Gasteiger partial charge on any atom is 0.339 e. The Morgan fingerprint density at radius 1 is 0.810 bits per heavy atom. The number of benzene rings is 3. The SMILES string of the molecule is Nc1cccc2cccc(OS(=O)(=O)c3ccccc3)c12. The van der Waals surface area contributed by atoms with E-state index in [1.165, 1.54) is 12.1 Å². The summed E-state index contributed by atoms with van der Waals surface area (Å²) >= 11 is 0. The minimum Gasteiger partial charge on any atom is -0.398 e. The minimum absolute atomic E-state index is 0.108. The van der Waals surface area contributed by atoms with Gasteiger partial charge in [0.2, 0.25) is 0 Å². The van der Waals surface area contributed by atoms with Crippen LogP contribution >= 0.6 is 0 Å². The molecule has 0 heterocycles. The molecule has 0 radical (unpaired) electrons. The van der Waals surface area contributed by atoms with Gasteiger partial charge in [0.05, 0.1) is 0 Å². The third-order valence-electron chi connectivity index (χ3n) is 3.13. The highest BCUT2D eigenvalue weighted by Crippen LogP contribution is 2.32. The van der Waals surface area contributed by atoms with Crippen molar-refractivity contribution in [3.63, 3.8) is 0 Å². The number of fused-ring (bicyclic) bond motifs is 1. The Hall–Kier alpha value is -2.53. The Bertz CT molecular complexity index is 885. The number of nitrogen functional groups attached to an aromatic ring is 1. The lowest BCUT2D eigenvalue weighted by Gasteiger charge is -2.11. The van der Waals surface area contributed by atoms with Gasteiger partial charge >= 0.3 is 10.1 Å². The Balaban J connectivity index is 2.11. The Kier molecular flexibility index (Phi) is 3.27. The van der Waals surface area contributed by atoms with Crippen molar-refractivity contribution in [3.05, 3.63) is 66.7 Å². The van der Waals surface area contributed by atoms with Crippen LogP contribution in [0.25, 0.3) is 10.8 Å². The highest BCUT2D eigenvalue weighted by Gasteiger charge is 2.18. The van der Waals surface area contributed by atoms with Crippen LogP contribution in [0.2, 0.25) is 0 Å². The largest absolute Gasteiger partial charge is 0.398 e. The van der Waals surface area contributed by atoms with Crippen LogP contribution in [0.5, 0.6) is 5.75 Å². The summed E-state index contributed by atoms with van der Waals surface area (Å²) in [6, 6.07) is 18.6. The van der Waals surface area contributed by atoms with E-state index < -0.39 is 10.1 Å². The summed E-state index contributed by atoms with van der Waals surface area (Å²) in [5.74, 6) is 0.231. The van der Waals surface area contributed by atoms with Crippen LogP contribution in [0.15, 0.2) is 71.6 Å². The van der Waals surface area contributed by atoms with Crippen molar-refractivity contribution < 1.29 is 12.6 Å². The second-order valence-electron chi connectivity index (χ2n) is 4.55. The topological polar surface area (TPSA) is 69.4 Å². The Labute approximate surface area is 122 Å². The fourth-order valence-electron chi connectivity index (χ4n) is 2.16. The van der Waals surface area contributed by atoms with Gasteiger partial charge in [0.1, 0.15) is 4.90 Å². The Morgan fingerprint density at radius 2 is 1.48 bits per heavy atom. The second kappa shape index (κ2) is 5.10. The number of anilines is 1. The van der Waals surface area contributed by atoms with E-state index in [0.29, 0.717) is 11.1 Å². The van der Waals surface area contributed by atoms with Crippen molar-refractivity contribution in [2.45, 2.75) is 4.90 Å². The molecule has 3 aromatic carbocycles. The highest BCUT2D eigenvalue weighted by atomic mass is 32.2. The number of rotatable bonds is 3. The van der Waals surface area contributed by atoms with Gasteiger partial charge in [-0.3, -0.25) is 0 Å². The first-order chi connectivity index (χ1) is 10.1. The molecule has 4 nitrogen and oxygen atoms in total. The molecule has 0 unspecified atom stereocenters. The monoisotopic (exact) mass is 299 g/mol. The van der Waals surface area contributed by atoms with Gasteiger partial charge in [0, 0.05) is 11.1 Å². The van der Waals surface area contributed by atoms with Gasteiger partial charge in [0.15, 0.2) is 5.75 Å². The summed E-state index contributed by atoms with van der Waals surface area (Å²) in [5.41, 5.74) is 6.42. The van der Waals surface area contributed by atoms with Crippen molar-refractivity contribution in [2.75, 3.05) is 5.73 Å². The van der Waals surface area contributed by atoms with Crippen molar-refractivity contribution in [1.29, 1.82) is 0 Å². The third kappa shape index (κ3) is 2.55. The molecule has 2 N–H and O–H groups in total. The first kappa shape index (κ1) is 13.5. The molecule has 0 atom stereocenters. The summed E-state index contributed by atoms with van der Waals surface area (Å²) in [4.78, 5) is 0.108. The predicted octanol–water partition coefficient (Wildman–Crippen LogP) is 3.19. The quantitative estimate of drug-likeness (QED) is 0.595. The van der Waals surface area contributed by atoms with Crippen LogP contribution in [0.4, 0.5) is 5.69 Å². The van der Waals surface area contributed by atoms with Gasteiger partial charge in [-0.25, -0.2) is 0 Å². The standard InChI is InChI=1S/C16H13NO3S/c17-14-10-4-6-12-7-5-11-15(16(12)14)20-21(18,19)13-8-2-1-3-9-13/h1-11H,17H2. The van der Waals surface area contributed by atoms with Crippen molar-refractivity contribution in [2.24, 2.45) is 0 Å². The van der Waals surface area contributed by atoms with Crippen molar-refractivity contribution >= 4 is 26.6 Å². The predicted molar refractivity (Wildman–Crippen MR) is 82.6 cm³/mol. The van der Waals surface area contributed by atoms with Gasteiger partial charge in [-0.05, 0) is 29.7 Å². The molecule has 106 valence electrons. The van der Waals surface area contributed by atoms with E-state index in [4.69, 9.17) is 9.92 Å². The highest BCUT2D eigenvalue weighted by molar-refractivity contribution is 7.87. The molecule has 0 saturated carbocycles. The molecule has 0 amide bonds. The fraction of sp³-hybridized carbons (Fsp3) is 0. The van der Waals surface area contributed by atoms with E-state index in [0.717, 1.165) is 5.39 Å². The van der Waals surface area contributed by atoms with E-state index in [-0.39, 0.29) is 10.6 Å². The smallest absolute Gasteiger partial charge is 0.339 e. The summed E-state index contributed by atoms with van der Waals surface area (Å²) in [5, 5.41) is 1.43. The van der Waals surface area contributed by atoms with Gasteiger partial charge in [-0.1, -0.05) is 42.5 Å². The van der Waals surface area contributed by atoms with Crippen LogP contribution in [0, 0.1) is 0 Å². The number of nitrogens with two attached hydrogens (primary N) is 1. The van der Waals surface area contributed by atoms with Crippen LogP contribution in [0.1, 0.15) is 0 Å². The average Bonchev–Trinajstić information content (AvgIpc) is 2.48. The molecule has 3 aromatic rings.